The molecule has 0 heterocycles. The Kier molecular flexibility index (Phi) is 5.47. The molecule has 0 aromatic rings. The van der Waals surface area contributed by atoms with Gasteiger partial charge in [-0.25, -0.2) is 4.79 Å². The van der Waals surface area contributed by atoms with Crippen molar-refractivity contribution in [1.82, 2.24) is 0 Å². The highest BCUT2D eigenvalue weighted by Crippen LogP contribution is 2.15. The molecule has 0 radical (unpaired) electrons. The molecule has 0 rings (SSSR count). The van der Waals surface area contributed by atoms with Crippen molar-refractivity contribution in [2.45, 2.75) is 40.0 Å². The van der Waals surface area contributed by atoms with E-state index in [2.05, 4.69) is 4.99 Å². The summed E-state index contributed by atoms with van der Waals surface area (Å²) in [5.41, 5.74) is -0.175. The number of alkyl halides is 3. The van der Waals surface area contributed by atoms with E-state index in [9.17, 15) is 18.0 Å². The minimum Gasteiger partial charge on any atom is -0.458 e. The Bertz CT molecular complexity index is 270. The van der Waals surface area contributed by atoms with Gasteiger partial charge in [0.25, 0.3) is 0 Å². The van der Waals surface area contributed by atoms with Crippen LogP contribution >= 0.6 is 0 Å². The Morgan fingerprint density at radius 1 is 1.25 bits per heavy atom. The summed E-state index contributed by atoms with van der Waals surface area (Å²) in [4.78, 5) is 14.7. The van der Waals surface area contributed by atoms with Crippen LogP contribution in [-0.2, 0) is 9.53 Å². The highest BCUT2D eigenvalue weighted by atomic mass is 19.4. The van der Waals surface area contributed by atoms with Crippen LogP contribution in [0.5, 0.6) is 0 Å². The van der Waals surface area contributed by atoms with Crippen LogP contribution in [0.3, 0.4) is 0 Å². The maximum Gasteiger partial charge on any atom is 0.407 e. The van der Waals surface area contributed by atoms with Crippen molar-refractivity contribution in [2.24, 2.45) is 10.9 Å². The molecule has 0 aliphatic carbocycles. The smallest absolute Gasteiger partial charge is 0.407 e. The van der Waals surface area contributed by atoms with Gasteiger partial charge in [0.1, 0.15) is 12.3 Å². The number of nitrogens with zero attached hydrogens (tertiary/aromatic N) is 1. The van der Waals surface area contributed by atoms with Gasteiger partial charge in [-0.2, -0.15) is 13.2 Å². The number of hydrogen-bond acceptors (Lipinski definition) is 3. The van der Waals surface area contributed by atoms with Crippen LogP contribution < -0.4 is 0 Å². The van der Waals surface area contributed by atoms with Crippen molar-refractivity contribution in [1.29, 1.82) is 0 Å². The van der Waals surface area contributed by atoms with E-state index < -0.39 is 24.6 Å². The predicted octanol–water partition coefficient (Wildman–Crippen LogP) is 2.60. The third-order valence-electron chi connectivity index (χ3n) is 1.53. The first-order chi connectivity index (χ1) is 7.13. The number of aliphatic imine (C=N–C) groups is 1. The van der Waals surface area contributed by atoms with Crippen LogP contribution in [0.2, 0.25) is 0 Å². The summed E-state index contributed by atoms with van der Waals surface area (Å²) in [5, 5.41) is 0. The maximum absolute atomic E-state index is 11.9. The number of rotatable bonds is 4. The molecule has 0 atom stereocenters. The molecule has 94 valence electrons. The van der Waals surface area contributed by atoms with Crippen LogP contribution in [0.25, 0.3) is 0 Å². The second-order valence-electron chi connectivity index (χ2n) is 3.93. The average Bonchev–Trinajstić information content (AvgIpc) is 1.99. The van der Waals surface area contributed by atoms with Gasteiger partial charge in [0, 0.05) is 5.92 Å². The van der Waals surface area contributed by atoms with Gasteiger partial charge in [-0.15, -0.1) is 0 Å². The van der Waals surface area contributed by atoms with Gasteiger partial charge in [0.05, 0.1) is 6.10 Å². The zero-order valence-electron chi connectivity index (χ0n) is 9.76. The molecule has 0 spiro atoms. The van der Waals surface area contributed by atoms with Crippen molar-refractivity contribution in [2.75, 3.05) is 6.54 Å². The molecule has 0 aromatic heterocycles. The maximum atomic E-state index is 11.9. The van der Waals surface area contributed by atoms with Gasteiger partial charge in [0.15, 0.2) is 0 Å². The molecule has 3 nitrogen and oxygen atoms in total. The molecule has 0 amide bonds. The Morgan fingerprint density at radius 3 is 2.06 bits per heavy atom. The van der Waals surface area contributed by atoms with Crippen LogP contribution in [-0.4, -0.2) is 30.5 Å². The Morgan fingerprint density at radius 2 is 1.75 bits per heavy atom. The molecule has 0 bridgehead atoms. The molecule has 0 unspecified atom stereocenters. The van der Waals surface area contributed by atoms with Gasteiger partial charge in [-0.3, -0.25) is 4.99 Å². The van der Waals surface area contributed by atoms with E-state index in [1.807, 2.05) is 0 Å². The van der Waals surface area contributed by atoms with E-state index in [-0.39, 0.29) is 11.8 Å². The SMILES string of the molecule is CC(C)OC(=O)C(=NCC(F)(F)F)C(C)C. The van der Waals surface area contributed by atoms with E-state index >= 15 is 0 Å². The zero-order chi connectivity index (χ0) is 12.9. The third-order valence-corrected chi connectivity index (χ3v) is 1.53. The van der Waals surface area contributed by atoms with Crippen LogP contribution in [0.4, 0.5) is 13.2 Å². The summed E-state index contributed by atoms with van der Waals surface area (Å²) in [7, 11) is 0. The predicted molar refractivity (Wildman–Crippen MR) is 54.4 cm³/mol. The highest BCUT2D eigenvalue weighted by Gasteiger charge is 2.28. The second-order valence-corrected chi connectivity index (χ2v) is 3.93. The Balaban J connectivity index is 4.68. The third kappa shape index (κ3) is 6.42. The number of halogens is 3. The van der Waals surface area contributed by atoms with Gasteiger partial charge in [-0.05, 0) is 13.8 Å². The first-order valence-corrected chi connectivity index (χ1v) is 4.95. The minimum atomic E-state index is -4.40. The standard InChI is InChI=1S/C10H16F3NO2/c1-6(2)8(9(15)16-7(3)4)14-5-10(11,12)13/h6-7H,5H2,1-4H3. The Labute approximate surface area is 92.7 Å². The lowest BCUT2D eigenvalue weighted by Crippen LogP contribution is -2.27. The summed E-state index contributed by atoms with van der Waals surface area (Å²) >= 11 is 0. The normalized spacial score (nSPS) is 13.4. The summed E-state index contributed by atoms with van der Waals surface area (Å²) in [6, 6.07) is 0. The lowest BCUT2D eigenvalue weighted by Gasteiger charge is -2.13. The van der Waals surface area contributed by atoms with Crippen molar-refractivity contribution in [3.05, 3.63) is 0 Å². The molecule has 6 heteroatoms. The van der Waals surface area contributed by atoms with Crippen molar-refractivity contribution < 1.29 is 22.7 Å². The molecular weight excluding hydrogens is 223 g/mol. The Hall–Kier alpha value is -1.07. The molecule has 0 aromatic carbocycles. The van der Waals surface area contributed by atoms with Crippen LogP contribution in [0, 0.1) is 5.92 Å². The summed E-state index contributed by atoms with van der Waals surface area (Å²) in [6.45, 7) is 5.08. The van der Waals surface area contributed by atoms with Gasteiger partial charge in [-0.1, -0.05) is 13.8 Å². The van der Waals surface area contributed by atoms with Gasteiger partial charge in [0.2, 0.25) is 0 Å². The van der Waals surface area contributed by atoms with Crippen molar-refractivity contribution in [3.63, 3.8) is 0 Å². The minimum absolute atomic E-state index is 0.175. The quantitative estimate of drug-likeness (QED) is 0.558. The van der Waals surface area contributed by atoms with Gasteiger partial charge >= 0.3 is 12.1 Å². The lowest BCUT2D eigenvalue weighted by molar-refractivity contribution is -0.139. The van der Waals surface area contributed by atoms with E-state index in [0.29, 0.717) is 0 Å². The molecule has 0 saturated carbocycles. The first-order valence-electron chi connectivity index (χ1n) is 4.95. The zero-order valence-corrected chi connectivity index (χ0v) is 9.76. The summed E-state index contributed by atoms with van der Waals surface area (Å²) < 4.78 is 40.6. The number of ether oxygens (including phenoxy) is 1. The first kappa shape index (κ1) is 14.9. The molecule has 0 aliphatic rings. The number of carbonyl (C=O) groups is 1. The average molecular weight is 239 g/mol. The largest absolute Gasteiger partial charge is 0.458 e. The number of carbonyl (C=O) groups excluding carboxylic acids is 1. The summed E-state index contributed by atoms with van der Waals surface area (Å²) in [5.74, 6) is -1.18. The van der Waals surface area contributed by atoms with Gasteiger partial charge < -0.3 is 4.74 Å². The van der Waals surface area contributed by atoms with E-state index in [1.54, 1.807) is 27.7 Å². The number of esters is 1. The van der Waals surface area contributed by atoms with E-state index in [4.69, 9.17) is 4.74 Å². The van der Waals surface area contributed by atoms with E-state index in [1.165, 1.54) is 0 Å². The highest BCUT2D eigenvalue weighted by molar-refractivity contribution is 6.37. The molecule has 0 fully saturated rings. The fourth-order valence-corrected chi connectivity index (χ4v) is 0.932. The van der Waals surface area contributed by atoms with Crippen LogP contribution in [0.15, 0.2) is 4.99 Å². The van der Waals surface area contributed by atoms with Crippen LogP contribution in [0.1, 0.15) is 27.7 Å². The molecule has 0 aliphatic heterocycles. The van der Waals surface area contributed by atoms with E-state index in [0.717, 1.165) is 0 Å². The lowest BCUT2D eigenvalue weighted by atomic mass is 10.1. The fraction of sp³-hybridized carbons (Fsp3) is 0.800. The van der Waals surface area contributed by atoms with Crippen molar-refractivity contribution in [3.8, 4) is 0 Å². The number of hydrogen-bond donors (Lipinski definition) is 0. The molecular formula is C10H16F3NO2. The molecule has 0 saturated heterocycles. The van der Waals surface area contributed by atoms with Crippen molar-refractivity contribution >= 4 is 11.7 Å². The monoisotopic (exact) mass is 239 g/mol. The topological polar surface area (TPSA) is 38.7 Å². The molecule has 16 heavy (non-hydrogen) atoms. The molecule has 0 N–H and O–H groups in total. The second kappa shape index (κ2) is 5.86. The fourth-order valence-electron chi connectivity index (χ4n) is 0.932. The summed E-state index contributed by atoms with van der Waals surface area (Å²) in [6.07, 6.45) is -4.78.